The molecule has 20 heavy (non-hydrogen) atoms. The Labute approximate surface area is 116 Å². The number of halogens is 1. The van der Waals surface area contributed by atoms with E-state index in [1.54, 1.807) is 6.07 Å². The predicted molar refractivity (Wildman–Crippen MR) is 74.5 cm³/mol. The first-order chi connectivity index (χ1) is 9.69. The summed E-state index contributed by atoms with van der Waals surface area (Å²) in [6, 6.07) is 13.6. The highest BCUT2D eigenvalue weighted by atomic mass is 19.1. The van der Waals surface area contributed by atoms with Crippen molar-refractivity contribution in [2.45, 2.75) is 13.2 Å². The average molecular weight is 274 g/mol. The third-order valence-electron chi connectivity index (χ3n) is 2.72. The van der Waals surface area contributed by atoms with Crippen LogP contribution >= 0.6 is 0 Å². The number of hydrogen-bond donors (Lipinski definition) is 2. The fourth-order valence-electron chi connectivity index (χ4n) is 1.66. The molecule has 0 bridgehead atoms. The van der Waals surface area contributed by atoms with Crippen molar-refractivity contribution in [2.75, 3.05) is 5.32 Å². The number of benzene rings is 2. The van der Waals surface area contributed by atoms with Crippen LogP contribution in [-0.2, 0) is 17.9 Å². The molecule has 0 aromatic heterocycles. The molecule has 0 aliphatic rings. The summed E-state index contributed by atoms with van der Waals surface area (Å²) in [5.41, 5.74) is 6.99. The fourth-order valence-corrected chi connectivity index (χ4v) is 1.66. The van der Waals surface area contributed by atoms with E-state index >= 15 is 0 Å². The molecule has 0 saturated heterocycles. The van der Waals surface area contributed by atoms with E-state index in [9.17, 15) is 9.18 Å². The number of anilines is 1. The van der Waals surface area contributed by atoms with Crippen molar-refractivity contribution in [3.05, 3.63) is 65.5 Å². The largest absolute Gasteiger partial charge is 0.444 e. The number of amides is 1. The summed E-state index contributed by atoms with van der Waals surface area (Å²) in [6.45, 7) is 0.380. The lowest BCUT2D eigenvalue weighted by atomic mass is 10.2. The third-order valence-corrected chi connectivity index (χ3v) is 2.72. The van der Waals surface area contributed by atoms with Gasteiger partial charge < -0.3 is 10.5 Å². The van der Waals surface area contributed by atoms with E-state index < -0.39 is 11.9 Å². The second-order valence-corrected chi connectivity index (χ2v) is 4.21. The van der Waals surface area contributed by atoms with Gasteiger partial charge in [0.2, 0.25) is 0 Å². The molecule has 0 fully saturated rings. The number of nitrogens with one attached hydrogen (secondary N) is 1. The quantitative estimate of drug-likeness (QED) is 0.900. The van der Waals surface area contributed by atoms with Gasteiger partial charge in [-0.1, -0.05) is 36.4 Å². The minimum absolute atomic E-state index is 0.0697. The van der Waals surface area contributed by atoms with Crippen LogP contribution in [0.1, 0.15) is 11.1 Å². The maximum atomic E-state index is 13.6. The highest BCUT2D eigenvalue weighted by Gasteiger charge is 2.08. The molecule has 104 valence electrons. The molecule has 3 N–H and O–H groups in total. The van der Waals surface area contributed by atoms with Crippen LogP contribution in [-0.4, -0.2) is 6.09 Å². The molecule has 1 amide bonds. The Bertz CT molecular complexity index is 588. The highest BCUT2D eigenvalue weighted by molar-refractivity contribution is 5.84. The molecular formula is C15H15FN2O2. The van der Waals surface area contributed by atoms with Crippen LogP contribution in [0.5, 0.6) is 0 Å². The van der Waals surface area contributed by atoms with Crippen LogP contribution in [0.4, 0.5) is 14.9 Å². The van der Waals surface area contributed by atoms with E-state index in [1.165, 1.54) is 12.1 Å². The summed E-state index contributed by atoms with van der Waals surface area (Å²) >= 11 is 0. The maximum absolute atomic E-state index is 13.6. The highest BCUT2D eigenvalue weighted by Crippen LogP contribution is 2.16. The van der Waals surface area contributed by atoms with Gasteiger partial charge in [-0.3, -0.25) is 5.32 Å². The molecule has 0 spiro atoms. The molecule has 5 heteroatoms. The zero-order chi connectivity index (χ0) is 14.4. The first-order valence-corrected chi connectivity index (χ1v) is 6.15. The number of hydrogen-bond acceptors (Lipinski definition) is 3. The molecule has 0 saturated carbocycles. The molecule has 0 atom stereocenters. The molecule has 2 rings (SSSR count). The molecular weight excluding hydrogens is 259 g/mol. The van der Waals surface area contributed by atoms with Gasteiger partial charge in [0, 0.05) is 6.54 Å². The third kappa shape index (κ3) is 3.80. The molecule has 0 radical (unpaired) electrons. The maximum Gasteiger partial charge on any atom is 0.412 e. The van der Waals surface area contributed by atoms with Gasteiger partial charge in [0.05, 0.1) is 5.69 Å². The summed E-state index contributed by atoms with van der Waals surface area (Å²) in [4.78, 5) is 11.6. The Balaban J connectivity index is 1.91. The lowest BCUT2D eigenvalue weighted by molar-refractivity contribution is 0.155. The normalized spacial score (nSPS) is 10.1. The zero-order valence-electron chi connectivity index (χ0n) is 10.8. The van der Waals surface area contributed by atoms with Crippen molar-refractivity contribution in [1.29, 1.82) is 0 Å². The van der Waals surface area contributed by atoms with Gasteiger partial charge in [-0.05, 0) is 23.3 Å². The Morgan fingerprint density at radius 3 is 2.55 bits per heavy atom. The minimum atomic E-state index is -0.701. The van der Waals surface area contributed by atoms with Crippen molar-refractivity contribution < 1.29 is 13.9 Å². The summed E-state index contributed by atoms with van der Waals surface area (Å²) < 4.78 is 18.6. The number of nitrogens with two attached hydrogens (primary N) is 1. The van der Waals surface area contributed by atoms with Crippen LogP contribution < -0.4 is 11.1 Å². The monoisotopic (exact) mass is 274 g/mol. The van der Waals surface area contributed by atoms with Crippen LogP contribution in [0.25, 0.3) is 0 Å². The van der Waals surface area contributed by atoms with Crippen molar-refractivity contribution in [3.8, 4) is 0 Å². The number of carbonyl (C=O) groups is 1. The van der Waals surface area contributed by atoms with Crippen LogP contribution in [0.15, 0.2) is 48.5 Å². The van der Waals surface area contributed by atoms with E-state index in [0.29, 0.717) is 5.56 Å². The smallest absolute Gasteiger partial charge is 0.412 e. The van der Waals surface area contributed by atoms with Crippen LogP contribution in [0.3, 0.4) is 0 Å². The molecule has 2 aromatic carbocycles. The molecule has 4 nitrogen and oxygen atoms in total. The zero-order valence-corrected chi connectivity index (χ0v) is 10.8. The molecule has 0 unspecified atom stereocenters. The Kier molecular flexibility index (Phi) is 4.68. The van der Waals surface area contributed by atoms with E-state index in [-0.39, 0.29) is 18.8 Å². The molecule has 2 aromatic rings. The van der Waals surface area contributed by atoms with Gasteiger partial charge in [-0.2, -0.15) is 0 Å². The van der Waals surface area contributed by atoms with E-state index in [1.807, 2.05) is 30.3 Å². The predicted octanol–water partition coefficient (Wildman–Crippen LogP) is 3.03. The molecule has 0 aliphatic carbocycles. The molecule has 0 aliphatic heterocycles. The fraction of sp³-hybridized carbons (Fsp3) is 0.133. The van der Waals surface area contributed by atoms with Crippen molar-refractivity contribution in [1.82, 2.24) is 0 Å². The van der Waals surface area contributed by atoms with Crippen molar-refractivity contribution >= 4 is 11.8 Å². The Hall–Kier alpha value is -2.40. The first-order valence-electron chi connectivity index (χ1n) is 6.15. The van der Waals surface area contributed by atoms with Crippen LogP contribution in [0, 0.1) is 5.82 Å². The van der Waals surface area contributed by atoms with Crippen molar-refractivity contribution in [3.63, 3.8) is 0 Å². The SMILES string of the molecule is NCc1ccc(NC(=O)OCc2ccccc2)c(F)c1. The second-order valence-electron chi connectivity index (χ2n) is 4.21. The van der Waals surface area contributed by atoms with E-state index in [2.05, 4.69) is 5.32 Å². The summed E-state index contributed by atoms with van der Waals surface area (Å²) in [5.74, 6) is -0.537. The minimum Gasteiger partial charge on any atom is -0.444 e. The number of rotatable bonds is 4. The van der Waals surface area contributed by atoms with Gasteiger partial charge in [-0.25, -0.2) is 9.18 Å². The topological polar surface area (TPSA) is 64.3 Å². The summed E-state index contributed by atoms with van der Waals surface area (Å²) in [6.07, 6.45) is -0.701. The van der Waals surface area contributed by atoms with Crippen LogP contribution in [0.2, 0.25) is 0 Å². The van der Waals surface area contributed by atoms with Crippen molar-refractivity contribution in [2.24, 2.45) is 5.73 Å². The Morgan fingerprint density at radius 2 is 1.90 bits per heavy atom. The van der Waals surface area contributed by atoms with Gasteiger partial charge in [0.15, 0.2) is 0 Å². The summed E-state index contributed by atoms with van der Waals surface area (Å²) in [7, 11) is 0. The first kappa shape index (κ1) is 14.0. The van der Waals surface area contributed by atoms with Gasteiger partial charge in [0.25, 0.3) is 0 Å². The Morgan fingerprint density at radius 1 is 1.15 bits per heavy atom. The van der Waals surface area contributed by atoms with E-state index in [0.717, 1.165) is 5.56 Å². The number of carbonyl (C=O) groups excluding carboxylic acids is 1. The standard InChI is InChI=1S/C15H15FN2O2/c16-13-8-12(9-17)6-7-14(13)18-15(19)20-10-11-4-2-1-3-5-11/h1-8H,9-10,17H2,(H,18,19). The van der Waals surface area contributed by atoms with Gasteiger partial charge in [0.1, 0.15) is 12.4 Å². The summed E-state index contributed by atoms with van der Waals surface area (Å²) in [5, 5.41) is 2.35. The average Bonchev–Trinajstić information content (AvgIpc) is 2.48. The second kappa shape index (κ2) is 6.68. The van der Waals surface area contributed by atoms with E-state index in [4.69, 9.17) is 10.5 Å². The lowest BCUT2D eigenvalue weighted by Gasteiger charge is -2.08. The lowest BCUT2D eigenvalue weighted by Crippen LogP contribution is -2.14. The number of ether oxygens (including phenoxy) is 1. The molecule has 0 heterocycles. The van der Waals surface area contributed by atoms with Gasteiger partial charge >= 0.3 is 6.09 Å². The van der Waals surface area contributed by atoms with Gasteiger partial charge in [-0.15, -0.1) is 0 Å².